The van der Waals surface area contributed by atoms with E-state index in [1.807, 2.05) is 0 Å². The summed E-state index contributed by atoms with van der Waals surface area (Å²) in [5.41, 5.74) is 0.569. The molecule has 0 saturated heterocycles. The Hall–Kier alpha value is -1.56. The Labute approximate surface area is 133 Å². The van der Waals surface area contributed by atoms with E-state index in [0.29, 0.717) is 22.6 Å². The maximum Gasteiger partial charge on any atom is 0.335 e. The molecule has 6 heteroatoms. The molecule has 0 spiro atoms. The van der Waals surface area contributed by atoms with Crippen molar-refractivity contribution in [3.8, 4) is 0 Å². The van der Waals surface area contributed by atoms with Gasteiger partial charge in [0.05, 0.1) is 11.3 Å². The van der Waals surface area contributed by atoms with Crippen molar-refractivity contribution in [1.82, 2.24) is 5.32 Å². The van der Waals surface area contributed by atoms with Crippen LogP contribution in [0.15, 0.2) is 22.7 Å². The third-order valence-corrected chi connectivity index (χ3v) is 3.65. The van der Waals surface area contributed by atoms with Crippen molar-refractivity contribution in [2.24, 2.45) is 5.92 Å². The number of rotatable bonds is 7. The van der Waals surface area contributed by atoms with Gasteiger partial charge in [0.15, 0.2) is 0 Å². The lowest BCUT2D eigenvalue weighted by Gasteiger charge is -2.10. The normalized spacial score (nSPS) is 10.5. The maximum absolute atomic E-state index is 11.8. The Balaban J connectivity index is 2.44. The molecular formula is C15H21BrN2O3. The molecule has 0 radical (unpaired) electrons. The molecule has 21 heavy (non-hydrogen) atoms. The van der Waals surface area contributed by atoms with Crippen molar-refractivity contribution in [2.45, 2.75) is 33.1 Å². The number of carbonyl (C=O) groups is 2. The molecular weight excluding hydrogens is 336 g/mol. The molecule has 0 bridgehead atoms. The van der Waals surface area contributed by atoms with Crippen LogP contribution in [0, 0.1) is 5.92 Å². The van der Waals surface area contributed by atoms with Crippen molar-refractivity contribution < 1.29 is 14.7 Å². The number of halogens is 1. The molecule has 0 unspecified atom stereocenters. The predicted molar refractivity (Wildman–Crippen MR) is 86.8 cm³/mol. The van der Waals surface area contributed by atoms with Crippen molar-refractivity contribution in [2.75, 3.05) is 11.9 Å². The SMILES string of the molecule is CC(C)CCCCNC(=O)Nc1cc(C(=O)O)ccc1Br. The van der Waals surface area contributed by atoms with Crippen LogP contribution in [-0.4, -0.2) is 23.7 Å². The standard InChI is InChI=1S/C15H21BrN2O3/c1-10(2)5-3-4-8-17-15(21)18-13-9-11(14(19)20)6-7-12(13)16/h6-7,9-10H,3-5,8H2,1-2H3,(H,19,20)(H2,17,18,21). The first kappa shape index (κ1) is 17.5. The molecule has 0 aliphatic carbocycles. The Morgan fingerprint density at radius 1 is 1.29 bits per heavy atom. The topological polar surface area (TPSA) is 78.4 Å². The summed E-state index contributed by atoms with van der Waals surface area (Å²) in [4.78, 5) is 22.7. The minimum atomic E-state index is -1.03. The highest BCUT2D eigenvalue weighted by Gasteiger charge is 2.09. The van der Waals surface area contributed by atoms with Gasteiger partial charge in [-0.1, -0.05) is 26.7 Å². The quantitative estimate of drug-likeness (QED) is 0.643. The van der Waals surface area contributed by atoms with Crippen molar-refractivity contribution in [3.05, 3.63) is 28.2 Å². The third kappa shape index (κ3) is 6.62. The van der Waals surface area contributed by atoms with Crippen LogP contribution in [0.25, 0.3) is 0 Å². The summed E-state index contributed by atoms with van der Waals surface area (Å²) < 4.78 is 0.641. The minimum absolute atomic E-state index is 0.130. The largest absolute Gasteiger partial charge is 0.478 e. The predicted octanol–water partition coefficient (Wildman–Crippen LogP) is 4.10. The summed E-state index contributed by atoms with van der Waals surface area (Å²) in [6.45, 7) is 4.95. The number of hydrogen-bond donors (Lipinski definition) is 3. The molecule has 0 aromatic heterocycles. The van der Waals surface area contributed by atoms with Crippen LogP contribution in [0.5, 0.6) is 0 Å². The first-order chi connectivity index (χ1) is 9.90. The minimum Gasteiger partial charge on any atom is -0.478 e. The highest BCUT2D eigenvalue weighted by atomic mass is 79.9. The molecule has 1 aromatic rings. The van der Waals surface area contributed by atoms with Crippen LogP contribution >= 0.6 is 15.9 Å². The number of carboxylic acid groups (broad SMARTS) is 1. The fraction of sp³-hybridized carbons (Fsp3) is 0.467. The van der Waals surface area contributed by atoms with Gasteiger partial charge in [-0.15, -0.1) is 0 Å². The monoisotopic (exact) mass is 356 g/mol. The summed E-state index contributed by atoms with van der Waals surface area (Å²) in [6.07, 6.45) is 3.16. The van der Waals surface area contributed by atoms with Crippen LogP contribution in [0.3, 0.4) is 0 Å². The van der Waals surface area contributed by atoms with E-state index in [0.717, 1.165) is 19.3 Å². The Bertz CT molecular complexity index is 504. The van der Waals surface area contributed by atoms with E-state index in [9.17, 15) is 9.59 Å². The van der Waals surface area contributed by atoms with Crippen molar-refractivity contribution in [1.29, 1.82) is 0 Å². The fourth-order valence-electron chi connectivity index (χ4n) is 1.80. The summed E-state index contributed by atoms with van der Waals surface area (Å²) in [5, 5.41) is 14.3. The number of unbranched alkanes of at least 4 members (excludes halogenated alkanes) is 1. The van der Waals surface area contributed by atoms with E-state index in [2.05, 4.69) is 40.4 Å². The van der Waals surface area contributed by atoms with Crippen LogP contribution in [0.2, 0.25) is 0 Å². The Morgan fingerprint density at radius 2 is 2.00 bits per heavy atom. The number of carboxylic acids is 1. The molecule has 0 heterocycles. The molecule has 0 aliphatic heterocycles. The maximum atomic E-state index is 11.8. The lowest BCUT2D eigenvalue weighted by Crippen LogP contribution is -2.29. The van der Waals surface area contributed by atoms with Gasteiger partial charge in [-0.25, -0.2) is 9.59 Å². The Morgan fingerprint density at radius 3 is 2.62 bits per heavy atom. The molecule has 5 nitrogen and oxygen atoms in total. The molecule has 0 fully saturated rings. The second-order valence-corrected chi connectivity index (χ2v) is 6.12. The van der Waals surface area contributed by atoms with Gasteiger partial charge in [-0.05, 0) is 46.5 Å². The first-order valence-corrected chi connectivity index (χ1v) is 7.77. The lowest BCUT2D eigenvalue weighted by molar-refractivity contribution is 0.0697. The smallest absolute Gasteiger partial charge is 0.335 e. The van der Waals surface area contributed by atoms with Crippen LogP contribution < -0.4 is 10.6 Å². The molecule has 0 aliphatic rings. The molecule has 2 amide bonds. The average Bonchev–Trinajstić information content (AvgIpc) is 2.40. The highest BCUT2D eigenvalue weighted by Crippen LogP contribution is 2.23. The van der Waals surface area contributed by atoms with E-state index < -0.39 is 5.97 Å². The van der Waals surface area contributed by atoms with Gasteiger partial charge in [0, 0.05) is 11.0 Å². The van der Waals surface area contributed by atoms with Gasteiger partial charge in [-0.3, -0.25) is 0 Å². The van der Waals surface area contributed by atoms with Crippen molar-refractivity contribution >= 4 is 33.6 Å². The summed E-state index contributed by atoms with van der Waals surface area (Å²) in [7, 11) is 0. The van der Waals surface area contributed by atoms with Gasteiger partial charge < -0.3 is 15.7 Å². The number of hydrogen-bond acceptors (Lipinski definition) is 2. The van der Waals surface area contributed by atoms with Gasteiger partial charge in [0.25, 0.3) is 0 Å². The summed E-state index contributed by atoms with van der Waals surface area (Å²) >= 11 is 3.28. The van der Waals surface area contributed by atoms with E-state index in [-0.39, 0.29) is 11.6 Å². The molecule has 1 aromatic carbocycles. The second kappa shape index (κ2) is 8.67. The fourth-order valence-corrected chi connectivity index (χ4v) is 2.15. The van der Waals surface area contributed by atoms with Crippen molar-refractivity contribution in [3.63, 3.8) is 0 Å². The molecule has 0 atom stereocenters. The molecule has 0 saturated carbocycles. The van der Waals surface area contributed by atoms with E-state index >= 15 is 0 Å². The van der Waals surface area contributed by atoms with Crippen LogP contribution in [0.1, 0.15) is 43.5 Å². The zero-order chi connectivity index (χ0) is 15.8. The van der Waals surface area contributed by atoms with Crippen LogP contribution in [-0.2, 0) is 0 Å². The Kier molecular flexibility index (Phi) is 7.22. The molecule has 116 valence electrons. The molecule has 3 N–H and O–H groups in total. The number of anilines is 1. The zero-order valence-electron chi connectivity index (χ0n) is 12.3. The highest BCUT2D eigenvalue weighted by molar-refractivity contribution is 9.10. The first-order valence-electron chi connectivity index (χ1n) is 6.98. The number of nitrogens with one attached hydrogen (secondary N) is 2. The van der Waals surface area contributed by atoms with E-state index in [1.54, 1.807) is 6.07 Å². The van der Waals surface area contributed by atoms with Gasteiger partial charge in [0.2, 0.25) is 0 Å². The number of carbonyl (C=O) groups excluding carboxylic acids is 1. The van der Waals surface area contributed by atoms with Gasteiger partial charge in [0.1, 0.15) is 0 Å². The summed E-state index contributed by atoms with van der Waals surface area (Å²) in [5.74, 6) is -0.354. The number of benzene rings is 1. The second-order valence-electron chi connectivity index (χ2n) is 5.27. The number of amides is 2. The van der Waals surface area contributed by atoms with Gasteiger partial charge >= 0.3 is 12.0 Å². The number of aromatic carboxylic acids is 1. The van der Waals surface area contributed by atoms with Gasteiger partial charge in [-0.2, -0.15) is 0 Å². The summed E-state index contributed by atoms with van der Waals surface area (Å²) in [6, 6.07) is 4.16. The number of urea groups is 1. The zero-order valence-corrected chi connectivity index (χ0v) is 13.9. The molecule has 1 rings (SSSR count). The third-order valence-electron chi connectivity index (χ3n) is 2.96. The van der Waals surface area contributed by atoms with Crippen LogP contribution in [0.4, 0.5) is 10.5 Å². The van der Waals surface area contributed by atoms with E-state index in [1.165, 1.54) is 12.1 Å². The van der Waals surface area contributed by atoms with E-state index in [4.69, 9.17) is 5.11 Å². The lowest BCUT2D eigenvalue weighted by atomic mass is 10.1. The average molecular weight is 357 g/mol.